The van der Waals surface area contributed by atoms with Gasteiger partial charge in [-0.3, -0.25) is 4.79 Å². The summed E-state index contributed by atoms with van der Waals surface area (Å²) >= 11 is 4.98. The maximum Gasteiger partial charge on any atom is 0.242 e. The van der Waals surface area contributed by atoms with Gasteiger partial charge in [0.1, 0.15) is 6.04 Å². The van der Waals surface area contributed by atoms with Crippen molar-refractivity contribution in [2.75, 3.05) is 13.1 Å². The van der Waals surface area contributed by atoms with Gasteiger partial charge in [-0.2, -0.15) is 0 Å². The molecule has 0 radical (unpaired) electrons. The molecule has 1 unspecified atom stereocenters. The van der Waals surface area contributed by atoms with E-state index in [0.717, 1.165) is 25.9 Å². The van der Waals surface area contributed by atoms with Gasteiger partial charge in [0, 0.05) is 13.1 Å². The van der Waals surface area contributed by atoms with Crippen molar-refractivity contribution in [3.05, 3.63) is 0 Å². The van der Waals surface area contributed by atoms with Gasteiger partial charge in [-0.1, -0.05) is 0 Å². The van der Waals surface area contributed by atoms with E-state index in [-0.39, 0.29) is 11.9 Å². The van der Waals surface area contributed by atoms with Crippen LogP contribution in [-0.4, -0.2) is 30.2 Å². The molecule has 1 aliphatic heterocycles. The van der Waals surface area contributed by atoms with Crippen LogP contribution in [0.4, 0.5) is 0 Å². The number of piperidine rings is 1. The average molecular weight is 201 g/mol. The number of carbonyl (C=O) groups is 1. The maximum absolute atomic E-state index is 11.3. The van der Waals surface area contributed by atoms with Gasteiger partial charge >= 0.3 is 0 Å². The molecule has 1 heterocycles. The van der Waals surface area contributed by atoms with E-state index in [2.05, 4.69) is 16.0 Å². The number of thiocarbonyl (C=S) groups is 1. The number of carbonyl (C=O) groups excluding carboxylic acids is 1. The first-order valence-electron chi connectivity index (χ1n) is 4.56. The highest BCUT2D eigenvalue weighted by molar-refractivity contribution is 7.80. The van der Waals surface area contributed by atoms with E-state index >= 15 is 0 Å². The van der Waals surface area contributed by atoms with E-state index in [4.69, 9.17) is 12.2 Å². The van der Waals surface area contributed by atoms with Crippen molar-refractivity contribution in [2.24, 2.45) is 0 Å². The third kappa shape index (κ3) is 3.18. The number of hydrogen-bond donors (Lipinski definition) is 3. The molecule has 0 aromatic carbocycles. The van der Waals surface area contributed by atoms with Crippen LogP contribution in [0.15, 0.2) is 0 Å². The highest BCUT2D eigenvalue weighted by Crippen LogP contribution is 2.02. The van der Waals surface area contributed by atoms with Gasteiger partial charge in [0.25, 0.3) is 0 Å². The van der Waals surface area contributed by atoms with Gasteiger partial charge in [-0.05, 0) is 32.0 Å². The van der Waals surface area contributed by atoms with Crippen molar-refractivity contribution in [1.29, 1.82) is 0 Å². The van der Waals surface area contributed by atoms with Gasteiger partial charge in [0.05, 0.1) is 0 Å². The van der Waals surface area contributed by atoms with Crippen molar-refractivity contribution < 1.29 is 4.79 Å². The molecule has 0 aromatic rings. The highest BCUT2D eigenvalue weighted by atomic mass is 32.1. The first-order chi connectivity index (χ1) is 6.24. The van der Waals surface area contributed by atoms with Gasteiger partial charge < -0.3 is 16.0 Å². The second kappa shape index (κ2) is 5.01. The molecule has 0 spiro atoms. The molecule has 1 atom stereocenters. The van der Waals surface area contributed by atoms with Crippen molar-refractivity contribution >= 4 is 23.2 Å². The Morgan fingerprint density at radius 3 is 3.15 bits per heavy atom. The van der Waals surface area contributed by atoms with Crippen LogP contribution in [0.3, 0.4) is 0 Å². The predicted molar refractivity (Wildman–Crippen MR) is 55.4 cm³/mol. The van der Waals surface area contributed by atoms with Crippen molar-refractivity contribution in [2.45, 2.75) is 25.8 Å². The van der Waals surface area contributed by atoms with E-state index in [0.29, 0.717) is 5.11 Å². The Morgan fingerprint density at radius 1 is 1.77 bits per heavy atom. The zero-order valence-corrected chi connectivity index (χ0v) is 8.54. The fraction of sp³-hybridized carbons (Fsp3) is 0.750. The summed E-state index contributed by atoms with van der Waals surface area (Å²) in [5.41, 5.74) is 0. The molecule has 74 valence electrons. The van der Waals surface area contributed by atoms with E-state index in [1.54, 1.807) is 0 Å². The SMILES string of the molecule is CCNC(=S)NC1CCCNC1=O. The number of rotatable bonds is 2. The second-order valence-electron chi connectivity index (χ2n) is 2.99. The zero-order valence-electron chi connectivity index (χ0n) is 7.72. The van der Waals surface area contributed by atoms with E-state index in [9.17, 15) is 4.79 Å². The van der Waals surface area contributed by atoms with Crippen LogP contribution in [0.5, 0.6) is 0 Å². The van der Waals surface area contributed by atoms with Gasteiger partial charge in [0.2, 0.25) is 5.91 Å². The Morgan fingerprint density at radius 2 is 2.54 bits per heavy atom. The zero-order chi connectivity index (χ0) is 9.68. The molecular formula is C8H15N3OS. The molecule has 0 aliphatic carbocycles. The fourth-order valence-corrected chi connectivity index (χ4v) is 1.57. The average Bonchev–Trinajstić information content (AvgIpc) is 2.09. The lowest BCUT2D eigenvalue weighted by molar-refractivity contribution is -0.124. The monoisotopic (exact) mass is 201 g/mol. The normalized spacial score (nSPS) is 21.9. The molecule has 3 N–H and O–H groups in total. The Bertz CT molecular complexity index is 208. The molecule has 1 saturated heterocycles. The topological polar surface area (TPSA) is 53.2 Å². The molecule has 13 heavy (non-hydrogen) atoms. The number of amides is 1. The van der Waals surface area contributed by atoms with Crippen LogP contribution >= 0.6 is 12.2 Å². The molecule has 1 fully saturated rings. The van der Waals surface area contributed by atoms with Crippen LogP contribution in [0, 0.1) is 0 Å². The quantitative estimate of drug-likeness (QED) is 0.539. The molecule has 0 bridgehead atoms. The lowest BCUT2D eigenvalue weighted by atomic mass is 10.1. The Balaban J connectivity index is 2.33. The summed E-state index contributed by atoms with van der Waals surface area (Å²) in [5, 5.41) is 9.28. The molecule has 1 amide bonds. The van der Waals surface area contributed by atoms with Crippen LogP contribution < -0.4 is 16.0 Å². The summed E-state index contributed by atoms with van der Waals surface area (Å²) in [6.45, 7) is 3.53. The predicted octanol–water partition coefficient (Wildman–Crippen LogP) is -0.251. The van der Waals surface area contributed by atoms with Gasteiger partial charge in [-0.15, -0.1) is 0 Å². The number of hydrogen-bond acceptors (Lipinski definition) is 2. The summed E-state index contributed by atoms with van der Waals surface area (Å²) in [6.07, 6.45) is 1.87. The standard InChI is InChI=1S/C8H15N3OS/c1-2-9-8(13)11-6-4-3-5-10-7(6)12/h6H,2-5H2,1H3,(H,10,12)(H2,9,11,13). The van der Waals surface area contributed by atoms with Crippen molar-refractivity contribution in [3.63, 3.8) is 0 Å². The largest absolute Gasteiger partial charge is 0.363 e. The minimum Gasteiger partial charge on any atom is -0.363 e. The van der Waals surface area contributed by atoms with Crippen molar-refractivity contribution in [3.8, 4) is 0 Å². The molecule has 0 saturated carbocycles. The van der Waals surface area contributed by atoms with E-state index in [1.807, 2.05) is 6.92 Å². The van der Waals surface area contributed by atoms with Crippen LogP contribution in [0.25, 0.3) is 0 Å². The highest BCUT2D eigenvalue weighted by Gasteiger charge is 2.21. The Hall–Kier alpha value is -0.840. The molecule has 0 aromatic heterocycles. The Kier molecular flexibility index (Phi) is 3.95. The second-order valence-corrected chi connectivity index (χ2v) is 3.40. The van der Waals surface area contributed by atoms with Crippen LogP contribution in [0.2, 0.25) is 0 Å². The van der Waals surface area contributed by atoms with Gasteiger partial charge in [-0.25, -0.2) is 0 Å². The summed E-state index contributed by atoms with van der Waals surface area (Å²) in [4.78, 5) is 11.3. The minimum absolute atomic E-state index is 0.0477. The van der Waals surface area contributed by atoms with Crippen LogP contribution in [0.1, 0.15) is 19.8 Å². The number of nitrogens with one attached hydrogen (secondary N) is 3. The third-order valence-electron chi connectivity index (χ3n) is 1.93. The first-order valence-corrected chi connectivity index (χ1v) is 4.97. The Labute approximate surface area is 83.5 Å². The smallest absolute Gasteiger partial charge is 0.242 e. The summed E-state index contributed by atoms with van der Waals surface area (Å²) < 4.78 is 0. The third-order valence-corrected chi connectivity index (χ3v) is 2.19. The fourth-order valence-electron chi connectivity index (χ4n) is 1.28. The van der Waals surface area contributed by atoms with E-state index in [1.165, 1.54) is 0 Å². The van der Waals surface area contributed by atoms with Gasteiger partial charge in [0.15, 0.2) is 5.11 Å². The molecular weight excluding hydrogens is 186 g/mol. The molecule has 1 aliphatic rings. The lowest BCUT2D eigenvalue weighted by Crippen LogP contribution is -2.52. The lowest BCUT2D eigenvalue weighted by Gasteiger charge is -2.23. The maximum atomic E-state index is 11.3. The summed E-state index contributed by atoms with van der Waals surface area (Å²) in [6, 6.07) is -0.153. The van der Waals surface area contributed by atoms with E-state index < -0.39 is 0 Å². The van der Waals surface area contributed by atoms with Crippen LogP contribution in [-0.2, 0) is 4.79 Å². The first kappa shape index (κ1) is 10.2. The minimum atomic E-state index is -0.153. The summed E-state index contributed by atoms with van der Waals surface area (Å²) in [7, 11) is 0. The van der Waals surface area contributed by atoms with Crippen molar-refractivity contribution in [1.82, 2.24) is 16.0 Å². The molecule has 5 heteroatoms. The molecule has 4 nitrogen and oxygen atoms in total. The summed E-state index contributed by atoms with van der Waals surface area (Å²) in [5.74, 6) is 0.0477. The molecule has 1 rings (SSSR count).